The van der Waals surface area contributed by atoms with Crippen molar-refractivity contribution in [3.63, 3.8) is 0 Å². The zero-order chi connectivity index (χ0) is 29.9. The van der Waals surface area contributed by atoms with Crippen LogP contribution in [0, 0.1) is 0 Å². The van der Waals surface area contributed by atoms with Crippen LogP contribution in [0.1, 0.15) is 69.6 Å². The molecular weight excluding hydrogens is 546 g/mol. The van der Waals surface area contributed by atoms with Crippen molar-refractivity contribution in [2.45, 2.75) is 44.6 Å². The fraction of sp³-hybridized carbons (Fsp3) is 0.400. The molecule has 12 nitrogen and oxygen atoms in total. The Bertz CT molecular complexity index is 1330. The van der Waals surface area contributed by atoms with Gasteiger partial charge in [0.2, 0.25) is 17.7 Å². The monoisotopic (exact) mass is 579 g/mol. The second-order valence-electron chi connectivity index (χ2n) is 9.79. The summed E-state index contributed by atoms with van der Waals surface area (Å²) < 4.78 is 16.6. The molecular formula is C30H33N3O9. The Labute approximate surface area is 242 Å². The number of hydrogen-bond acceptors (Lipinski definition) is 9. The first-order valence-electron chi connectivity index (χ1n) is 13.9. The smallest absolute Gasteiger partial charge is 0.264 e. The van der Waals surface area contributed by atoms with Gasteiger partial charge in [0, 0.05) is 25.0 Å². The Morgan fingerprint density at radius 1 is 0.905 bits per heavy atom. The van der Waals surface area contributed by atoms with Crippen molar-refractivity contribution in [1.29, 1.82) is 0 Å². The minimum absolute atomic E-state index is 0.0308. The van der Waals surface area contributed by atoms with E-state index < -0.39 is 29.7 Å². The first kappa shape index (κ1) is 30.5. The molecule has 12 heteroatoms. The molecule has 1 unspecified atom stereocenters. The van der Waals surface area contributed by atoms with Crippen LogP contribution in [0.15, 0.2) is 42.5 Å². The number of carbonyl (C=O) groups is 6. The molecule has 4 rings (SSSR count). The average Bonchev–Trinajstić information content (AvgIpc) is 3.24. The lowest BCUT2D eigenvalue weighted by Crippen LogP contribution is -2.54. The molecule has 2 N–H and O–H groups in total. The molecule has 1 fully saturated rings. The van der Waals surface area contributed by atoms with Gasteiger partial charge in [0.1, 0.15) is 24.7 Å². The first-order chi connectivity index (χ1) is 20.4. The van der Waals surface area contributed by atoms with E-state index in [-0.39, 0.29) is 42.0 Å². The fourth-order valence-corrected chi connectivity index (χ4v) is 4.68. The van der Waals surface area contributed by atoms with Gasteiger partial charge in [-0.05, 0) is 55.7 Å². The van der Waals surface area contributed by atoms with Crippen LogP contribution < -0.4 is 15.4 Å². The molecule has 1 saturated heterocycles. The minimum Gasteiger partial charge on any atom is -0.491 e. The van der Waals surface area contributed by atoms with Gasteiger partial charge in [-0.25, -0.2) is 0 Å². The number of rotatable bonds is 16. The van der Waals surface area contributed by atoms with Gasteiger partial charge in [0.25, 0.3) is 11.8 Å². The number of ether oxygens (including phenoxy) is 3. The van der Waals surface area contributed by atoms with Gasteiger partial charge >= 0.3 is 0 Å². The summed E-state index contributed by atoms with van der Waals surface area (Å²) >= 11 is 0. The van der Waals surface area contributed by atoms with Crippen LogP contribution >= 0.6 is 0 Å². The van der Waals surface area contributed by atoms with Crippen molar-refractivity contribution in [1.82, 2.24) is 10.2 Å². The molecule has 5 amide bonds. The highest BCUT2D eigenvalue weighted by Gasteiger charge is 2.45. The van der Waals surface area contributed by atoms with Crippen molar-refractivity contribution in [2.75, 3.05) is 38.4 Å². The van der Waals surface area contributed by atoms with Gasteiger partial charge in [-0.3, -0.25) is 39.0 Å². The highest BCUT2D eigenvalue weighted by Crippen LogP contribution is 2.32. The van der Waals surface area contributed by atoms with Crippen LogP contribution in [0.5, 0.6) is 5.75 Å². The number of unbranched alkanes of at least 4 members (excludes halogenated alkanes) is 2. The van der Waals surface area contributed by atoms with Crippen molar-refractivity contribution >= 4 is 41.5 Å². The molecule has 2 aromatic rings. The lowest BCUT2D eigenvalue weighted by Gasteiger charge is -2.27. The summed E-state index contributed by atoms with van der Waals surface area (Å²) in [4.78, 5) is 73.9. The van der Waals surface area contributed by atoms with Gasteiger partial charge in [-0.1, -0.05) is 12.5 Å². The summed E-state index contributed by atoms with van der Waals surface area (Å²) in [5, 5.41) is 4.88. The van der Waals surface area contributed by atoms with Gasteiger partial charge in [0.15, 0.2) is 0 Å². The standard InChI is InChI=1S/C30H33N3O9/c34-19-20-8-10-21(11-9-20)42-18-17-41-16-15-40-14-3-1-2-7-25(35)31-23-6-4-5-22-27(23)30(39)33(29(22)38)24-12-13-26(36)32-28(24)37/h4-6,8-11,19,24H,1-3,7,12-18H2,(H,31,35)(H,32,36,37). The molecule has 2 aliphatic rings. The highest BCUT2D eigenvalue weighted by molar-refractivity contribution is 6.26. The number of piperidine rings is 1. The van der Waals surface area contributed by atoms with E-state index in [1.54, 1.807) is 36.4 Å². The SMILES string of the molecule is O=Cc1ccc(OCCOCCOCCCCCC(=O)Nc2cccc3c2C(=O)N(C2CCC(=O)NC2=O)C3=O)cc1. The Balaban J connectivity index is 1.08. The van der Waals surface area contributed by atoms with Gasteiger partial charge in [-0.2, -0.15) is 0 Å². The van der Waals surface area contributed by atoms with E-state index in [0.29, 0.717) is 50.8 Å². The number of carbonyl (C=O) groups excluding carboxylic acids is 6. The van der Waals surface area contributed by atoms with Crippen molar-refractivity contribution < 1.29 is 43.0 Å². The van der Waals surface area contributed by atoms with Crippen LogP contribution in [0.25, 0.3) is 0 Å². The van der Waals surface area contributed by atoms with Gasteiger partial charge < -0.3 is 19.5 Å². The number of amides is 5. The van der Waals surface area contributed by atoms with Crippen LogP contribution in [0.3, 0.4) is 0 Å². The molecule has 0 aromatic heterocycles. The fourth-order valence-electron chi connectivity index (χ4n) is 4.68. The summed E-state index contributed by atoms with van der Waals surface area (Å²) in [6, 6.07) is 10.3. The molecule has 42 heavy (non-hydrogen) atoms. The zero-order valence-electron chi connectivity index (χ0n) is 23.1. The molecule has 2 aromatic carbocycles. The predicted octanol–water partition coefficient (Wildman–Crippen LogP) is 2.51. The molecule has 0 spiro atoms. The second kappa shape index (κ2) is 15.0. The van der Waals surface area contributed by atoms with Crippen LogP contribution in [-0.2, 0) is 23.9 Å². The number of benzene rings is 2. The summed E-state index contributed by atoms with van der Waals surface area (Å²) in [6.07, 6.45) is 3.23. The Hall–Kier alpha value is -4.42. The number of aldehydes is 1. The van der Waals surface area contributed by atoms with E-state index in [4.69, 9.17) is 14.2 Å². The van der Waals surface area contributed by atoms with Crippen molar-refractivity contribution in [3.8, 4) is 5.75 Å². The maximum absolute atomic E-state index is 13.1. The molecule has 0 bridgehead atoms. The van der Waals surface area contributed by atoms with E-state index in [0.717, 1.165) is 24.0 Å². The molecule has 0 saturated carbocycles. The largest absolute Gasteiger partial charge is 0.491 e. The summed E-state index contributed by atoms with van der Waals surface area (Å²) in [5.41, 5.74) is 0.972. The highest BCUT2D eigenvalue weighted by atomic mass is 16.5. The molecule has 0 radical (unpaired) electrons. The number of nitrogens with one attached hydrogen (secondary N) is 2. The Morgan fingerprint density at radius 3 is 2.38 bits per heavy atom. The quantitative estimate of drug-likeness (QED) is 0.173. The molecule has 222 valence electrons. The first-order valence-corrected chi connectivity index (χ1v) is 13.9. The Kier molecular flexibility index (Phi) is 10.9. The molecule has 2 heterocycles. The third kappa shape index (κ3) is 7.86. The van der Waals surface area contributed by atoms with Crippen LogP contribution in [-0.4, -0.2) is 79.8 Å². The zero-order valence-corrected chi connectivity index (χ0v) is 23.1. The molecule has 0 aliphatic carbocycles. The summed E-state index contributed by atoms with van der Waals surface area (Å²) in [6.45, 7) is 2.20. The third-order valence-corrected chi connectivity index (χ3v) is 6.82. The number of anilines is 1. The molecule has 1 atom stereocenters. The lowest BCUT2D eigenvalue weighted by molar-refractivity contribution is -0.136. The van der Waals surface area contributed by atoms with E-state index in [1.807, 2.05) is 0 Å². The van der Waals surface area contributed by atoms with Gasteiger partial charge in [0.05, 0.1) is 36.6 Å². The van der Waals surface area contributed by atoms with Crippen LogP contribution in [0.4, 0.5) is 5.69 Å². The van der Waals surface area contributed by atoms with Crippen LogP contribution in [0.2, 0.25) is 0 Å². The number of imide groups is 2. The van der Waals surface area contributed by atoms with E-state index in [1.165, 1.54) is 6.07 Å². The summed E-state index contributed by atoms with van der Waals surface area (Å²) in [5.74, 6) is -2.05. The topological polar surface area (TPSA) is 157 Å². The van der Waals surface area contributed by atoms with E-state index >= 15 is 0 Å². The molecule has 2 aliphatic heterocycles. The third-order valence-electron chi connectivity index (χ3n) is 6.82. The minimum atomic E-state index is -1.07. The van der Waals surface area contributed by atoms with Crippen molar-refractivity contribution in [2.24, 2.45) is 0 Å². The number of fused-ring (bicyclic) bond motifs is 1. The maximum atomic E-state index is 13.1. The Morgan fingerprint density at radius 2 is 1.64 bits per heavy atom. The lowest BCUT2D eigenvalue weighted by atomic mass is 10.0. The van der Waals surface area contributed by atoms with E-state index in [2.05, 4.69) is 10.6 Å². The second-order valence-corrected chi connectivity index (χ2v) is 9.79. The number of nitrogens with zero attached hydrogens (tertiary/aromatic N) is 1. The average molecular weight is 580 g/mol. The van der Waals surface area contributed by atoms with Crippen molar-refractivity contribution in [3.05, 3.63) is 59.2 Å². The predicted molar refractivity (Wildman–Crippen MR) is 149 cm³/mol. The van der Waals surface area contributed by atoms with Gasteiger partial charge in [-0.15, -0.1) is 0 Å². The van der Waals surface area contributed by atoms with E-state index in [9.17, 15) is 28.8 Å². The normalized spacial score (nSPS) is 16.3. The maximum Gasteiger partial charge on any atom is 0.264 e. The summed E-state index contributed by atoms with van der Waals surface area (Å²) in [7, 11) is 0. The number of hydrogen-bond donors (Lipinski definition) is 2.